The second kappa shape index (κ2) is 10.1. The lowest BCUT2D eigenvalue weighted by molar-refractivity contribution is 0.0333. The average molecular weight is 536 g/mol. The first kappa shape index (κ1) is 23.5. The molecule has 0 aliphatic carbocycles. The van der Waals surface area contributed by atoms with Crippen molar-refractivity contribution in [2.75, 3.05) is 31.0 Å². The Balaban J connectivity index is 1.61. The Morgan fingerprint density at radius 3 is 2.69 bits per heavy atom. The number of thiophene rings is 1. The Morgan fingerprint density at radius 2 is 1.97 bits per heavy atom. The summed E-state index contributed by atoms with van der Waals surface area (Å²) in [6.07, 6.45) is 3.04. The normalized spacial score (nSPS) is 15.0. The summed E-state index contributed by atoms with van der Waals surface area (Å²) in [5, 5.41) is 0.387. The highest BCUT2D eigenvalue weighted by atomic mass is 35.5. The molecule has 0 unspecified atom stereocenters. The van der Waals surface area contributed by atoms with Crippen LogP contribution in [0.15, 0.2) is 40.9 Å². The highest BCUT2D eigenvalue weighted by molar-refractivity contribution is 7.94. The van der Waals surface area contributed by atoms with E-state index in [1.807, 2.05) is 0 Å². The van der Waals surface area contributed by atoms with Gasteiger partial charge in [0.25, 0.3) is 10.0 Å². The number of rotatable bonds is 7. The van der Waals surface area contributed by atoms with E-state index < -0.39 is 10.0 Å². The standard InChI is InChI=1S/C19H17Cl3N4O4S2/c20-12-8-14(25-32(27,28)17-9-13(21)18(22)31-17)19(24-10-12)30-16-2-1-3-23-15(16)11-26-4-6-29-7-5-26/h1-3,8-10,25H,4-7,11H2. The summed E-state index contributed by atoms with van der Waals surface area (Å²) in [5.74, 6) is 0.486. The van der Waals surface area contributed by atoms with E-state index in [0.29, 0.717) is 31.2 Å². The molecule has 0 amide bonds. The fourth-order valence-electron chi connectivity index (χ4n) is 2.95. The van der Waals surface area contributed by atoms with E-state index in [1.54, 1.807) is 18.3 Å². The van der Waals surface area contributed by atoms with Crippen molar-refractivity contribution in [1.29, 1.82) is 0 Å². The fraction of sp³-hybridized carbons (Fsp3) is 0.263. The molecule has 0 bridgehead atoms. The van der Waals surface area contributed by atoms with Gasteiger partial charge < -0.3 is 9.47 Å². The predicted octanol–water partition coefficient (Wildman–Crippen LogP) is 4.92. The monoisotopic (exact) mass is 534 g/mol. The minimum absolute atomic E-state index is 0.0305. The summed E-state index contributed by atoms with van der Waals surface area (Å²) in [5.41, 5.74) is 0.760. The van der Waals surface area contributed by atoms with Gasteiger partial charge in [-0.2, -0.15) is 0 Å². The minimum atomic E-state index is -4.00. The number of hydrogen-bond donors (Lipinski definition) is 1. The first-order chi connectivity index (χ1) is 15.3. The van der Waals surface area contributed by atoms with Gasteiger partial charge in [-0.1, -0.05) is 34.8 Å². The van der Waals surface area contributed by atoms with Crippen molar-refractivity contribution < 1.29 is 17.9 Å². The smallest absolute Gasteiger partial charge is 0.271 e. The SMILES string of the molecule is O=S(=O)(Nc1cc(Cl)cnc1Oc1cccnc1CN1CCOCC1)c1cc(Cl)c(Cl)s1. The van der Waals surface area contributed by atoms with E-state index in [2.05, 4.69) is 19.6 Å². The Kier molecular flexibility index (Phi) is 7.40. The van der Waals surface area contributed by atoms with Crippen LogP contribution in [0.1, 0.15) is 5.69 Å². The number of pyridine rings is 2. The van der Waals surface area contributed by atoms with E-state index in [4.69, 9.17) is 44.3 Å². The first-order valence-corrected chi connectivity index (χ1v) is 12.8. The Morgan fingerprint density at radius 1 is 1.19 bits per heavy atom. The molecule has 1 fully saturated rings. The summed E-state index contributed by atoms with van der Waals surface area (Å²) < 4.78 is 39.6. The highest BCUT2D eigenvalue weighted by Crippen LogP contribution is 2.37. The minimum Gasteiger partial charge on any atom is -0.435 e. The number of nitrogens with zero attached hydrogens (tertiary/aromatic N) is 3. The summed E-state index contributed by atoms with van der Waals surface area (Å²) in [7, 11) is -4.00. The van der Waals surface area contributed by atoms with Gasteiger partial charge in [0.15, 0.2) is 5.75 Å². The van der Waals surface area contributed by atoms with Gasteiger partial charge in [-0.15, -0.1) is 11.3 Å². The van der Waals surface area contributed by atoms with E-state index >= 15 is 0 Å². The third-order valence-corrected chi connectivity index (χ3v) is 8.39. The number of nitrogens with one attached hydrogen (secondary N) is 1. The van der Waals surface area contributed by atoms with Crippen LogP contribution in [0, 0.1) is 0 Å². The number of sulfonamides is 1. The van der Waals surface area contributed by atoms with Crippen LogP contribution < -0.4 is 9.46 Å². The molecule has 0 radical (unpaired) electrons. The number of halogens is 3. The van der Waals surface area contributed by atoms with Crippen molar-refractivity contribution in [1.82, 2.24) is 14.9 Å². The quantitative estimate of drug-likeness (QED) is 0.459. The Hall–Kier alpha value is -1.66. The van der Waals surface area contributed by atoms with Gasteiger partial charge in [-0.05, 0) is 24.3 Å². The highest BCUT2D eigenvalue weighted by Gasteiger charge is 2.23. The molecule has 13 heteroatoms. The Labute approximate surface area is 204 Å². The van der Waals surface area contributed by atoms with E-state index in [0.717, 1.165) is 24.4 Å². The van der Waals surface area contributed by atoms with Gasteiger partial charge in [0, 0.05) is 32.0 Å². The number of morpholine rings is 1. The maximum Gasteiger partial charge on any atom is 0.271 e. The van der Waals surface area contributed by atoms with Crippen molar-refractivity contribution in [3.63, 3.8) is 0 Å². The van der Waals surface area contributed by atoms with Crippen molar-refractivity contribution in [3.8, 4) is 11.6 Å². The van der Waals surface area contributed by atoms with E-state index in [9.17, 15) is 8.42 Å². The molecule has 1 aliphatic rings. The lowest BCUT2D eigenvalue weighted by Crippen LogP contribution is -2.35. The predicted molar refractivity (Wildman–Crippen MR) is 125 cm³/mol. The molecule has 0 saturated carbocycles. The van der Waals surface area contributed by atoms with Gasteiger partial charge in [-0.25, -0.2) is 13.4 Å². The first-order valence-electron chi connectivity index (χ1n) is 9.37. The molecule has 3 aromatic rings. The fourth-order valence-corrected chi connectivity index (χ4v) is 6.03. The number of ether oxygens (including phenoxy) is 2. The maximum absolute atomic E-state index is 12.8. The maximum atomic E-state index is 12.8. The summed E-state index contributed by atoms with van der Waals surface area (Å²) in [4.78, 5) is 10.8. The van der Waals surface area contributed by atoms with Gasteiger partial charge in [-0.3, -0.25) is 14.6 Å². The second-order valence-electron chi connectivity index (χ2n) is 6.74. The molecule has 8 nitrogen and oxygen atoms in total. The largest absolute Gasteiger partial charge is 0.435 e. The second-order valence-corrected chi connectivity index (χ2v) is 11.1. The molecule has 4 rings (SSSR count). The average Bonchev–Trinajstić information content (AvgIpc) is 3.11. The molecule has 0 atom stereocenters. The molecular formula is C19H17Cl3N4O4S2. The van der Waals surface area contributed by atoms with Crippen LogP contribution in [-0.2, 0) is 21.3 Å². The number of anilines is 1. The van der Waals surface area contributed by atoms with Crippen LogP contribution in [-0.4, -0.2) is 49.6 Å². The zero-order valence-corrected chi connectivity index (χ0v) is 20.3. The van der Waals surface area contributed by atoms with Crippen LogP contribution in [0.5, 0.6) is 11.6 Å². The molecule has 1 N–H and O–H groups in total. The van der Waals surface area contributed by atoms with Gasteiger partial charge in [0.2, 0.25) is 5.88 Å². The molecule has 1 aliphatic heterocycles. The molecule has 170 valence electrons. The summed E-state index contributed by atoms with van der Waals surface area (Å²) in [6, 6.07) is 6.16. The molecule has 0 spiro atoms. The van der Waals surface area contributed by atoms with Crippen molar-refractivity contribution >= 4 is 61.9 Å². The van der Waals surface area contributed by atoms with Crippen molar-refractivity contribution in [2.24, 2.45) is 0 Å². The molecule has 32 heavy (non-hydrogen) atoms. The molecule has 4 heterocycles. The lowest BCUT2D eigenvalue weighted by atomic mass is 10.3. The molecular weight excluding hydrogens is 519 g/mol. The molecule has 1 saturated heterocycles. The van der Waals surface area contributed by atoms with E-state index in [1.165, 1.54) is 18.3 Å². The van der Waals surface area contributed by atoms with Crippen molar-refractivity contribution in [2.45, 2.75) is 10.8 Å². The van der Waals surface area contributed by atoms with Gasteiger partial charge >= 0.3 is 0 Å². The number of hydrogen-bond acceptors (Lipinski definition) is 8. The Bertz CT molecular complexity index is 1200. The van der Waals surface area contributed by atoms with E-state index in [-0.39, 0.29) is 30.2 Å². The van der Waals surface area contributed by atoms with Crippen LogP contribution in [0.2, 0.25) is 14.4 Å². The number of aromatic nitrogens is 2. The van der Waals surface area contributed by atoms with Crippen LogP contribution in [0.25, 0.3) is 0 Å². The summed E-state index contributed by atoms with van der Waals surface area (Å²) >= 11 is 18.7. The van der Waals surface area contributed by atoms with Gasteiger partial charge in [0.05, 0.1) is 29.0 Å². The third-order valence-electron chi connectivity index (χ3n) is 4.48. The van der Waals surface area contributed by atoms with Crippen LogP contribution in [0.4, 0.5) is 5.69 Å². The van der Waals surface area contributed by atoms with Crippen LogP contribution >= 0.6 is 46.1 Å². The van der Waals surface area contributed by atoms with Gasteiger partial charge in [0.1, 0.15) is 14.2 Å². The van der Waals surface area contributed by atoms with Crippen LogP contribution in [0.3, 0.4) is 0 Å². The molecule has 0 aromatic carbocycles. The molecule has 3 aromatic heterocycles. The zero-order valence-electron chi connectivity index (χ0n) is 16.4. The zero-order chi connectivity index (χ0) is 22.7. The lowest BCUT2D eigenvalue weighted by Gasteiger charge is -2.26. The third kappa shape index (κ3) is 5.63. The topological polar surface area (TPSA) is 93.7 Å². The summed E-state index contributed by atoms with van der Waals surface area (Å²) in [6.45, 7) is 3.44. The van der Waals surface area contributed by atoms with Crippen molar-refractivity contribution in [3.05, 3.63) is 56.7 Å².